The van der Waals surface area contributed by atoms with Crippen LogP contribution in [0.25, 0.3) is 0 Å². The fraction of sp³-hybridized carbons (Fsp3) is 0.615. The summed E-state index contributed by atoms with van der Waals surface area (Å²) >= 11 is 0. The van der Waals surface area contributed by atoms with Crippen molar-refractivity contribution < 1.29 is 9.21 Å². The van der Waals surface area contributed by atoms with E-state index in [2.05, 4.69) is 6.92 Å². The van der Waals surface area contributed by atoms with Crippen molar-refractivity contribution in [3.8, 4) is 0 Å². The van der Waals surface area contributed by atoms with Crippen LogP contribution in [0, 0.1) is 5.92 Å². The van der Waals surface area contributed by atoms with Crippen LogP contribution in [0.4, 0.5) is 0 Å². The van der Waals surface area contributed by atoms with Gasteiger partial charge < -0.3 is 9.32 Å². The van der Waals surface area contributed by atoms with Gasteiger partial charge in [0.05, 0.1) is 0 Å². The van der Waals surface area contributed by atoms with Gasteiger partial charge in [-0.3, -0.25) is 4.79 Å². The molecule has 0 radical (unpaired) electrons. The number of aryl methyl sites for hydroxylation is 1. The first-order chi connectivity index (χ1) is 7.70. The van der Waals surface area contributed by atoms with E-state index in [9.17, 15) is 4.79 Å². The lowest BCUT2D eigenvalue weighted by Crippen LogP contribution is -2.38. The molecule has 88 valence electrons. The molecule has 0 aromatic carbocycles. The molecule has 0 N–H and O–H groups in total. The van der Waals surface area contributed by atoms with Crippen LogP contribution in [-0.4, -0.2) is 23.9 Å². The highest BCUT2D eigenvalue weighted by molar-refractivity contribution is 5.91. The monoisotopic (exact) mass is 221 g/mol. The van der Waals surface area contributed by atoms with Crippen LogP contribution in [0.1, 0.15) is 43.0 Å². The van der Waals surface area contributed by atoms with E-state index in [0.717, 1.165) is 31.7 Å². The van der Waals surface area contributed by atoms with Gasteiger partial charge in [-0.15, -0.1) is 0 Å². The molecule has 1 saturated heterocycles. The minimum atomic E-state index is 0.0475. The first-order valence-corrected chi connectivity index (χ1v) is 6.08. The van der Waals surface area contributed by atoms with Gasteiger partial charge >= 0.3 is 0 Å². The van der Waals surface area contributed by atoms with Crippen molar-refractivity contribution in [1.29, 1.82) is 0 Å². The Morgan fingerprint density at radius 1 is 1.56 bits per heavy atom. The van der Waals surface area contributed by atoms with E-state index in [1.807, 2.05) is 17.9 Å². The van der Waals surface area contributed by atoms with E-state index in [4.69, 9.17) is 4.42 Å². The van der Waals surface area contributed by atoms with Crippen LogP contribution < -0.4 is 0 Å². The summed E-state index contributed by atoms with van der Waals surface area (Å²) in [6, 6.07) is 3.68. The number of hydrogen-bond donors (Lipinski definition) is 0. The molecule has 1 fully saturated rings. The molecule has 16 heavy (non-hydrogen) atoms. The van der Waals surface area contributed by atoms with Crippen molar-refractivity contribution in [1.82, 2.24) is 4.90 Å². The normalized spacial score (nSPS) is 21.1. The van der Waals surface area contributed by atoms with Crippen LogP contribution in [0.3, 0.4) is 0 Å². The van der Waals surface area contributed by atoms with Crippen molar-refractivity contribution in [2.45, 2.75) is 33.1 Å². The van der Waals surface area contributed by atoms with Gasteiger partial charge in [0, 0.05) is 19.5 Å². The average molecular weight is 221 g/mol. The second kappa shape index (κ2) is 4.73. The van der Waals surface area contributed by atoms with E-state index in [1.165, 1.54) is 6.42 Å². The largest absolute Gasteiger partial charge is 0.456 e. The molecule has 0 bridgehead atoms. The standard InChI is InChI=1S/C13H19NO2/c1-3-11-6-7-12(16-11)13(15)14-8-4-5-10(2)9-14/h6-7,10H,3-5,8-9H2,1-2H3. The first kappa shape index (κ1) is 11.2. The summed E-state index contributed by atoms with van der Waals surface area (Å²) in [7, 11) is 0. The quantitative estimate of drug-likeness (QED) is 0.769. The van der Waals surface area contributed by atoms with E-state index in [-0.39, 0.29) is 5.91 Å². The molecule has 2 heterocycles. The Kier molecular flexibility index (Phi) is 3.32. The van der Waals surface area contributed by atoms with E-state index >= 15 is 0 Å². The number of piperidine rings is 1. The number of nitrogens with zero attached hydrogens (tertiary/aromatic N) is 1. The zero-order chi connectivity index (χ0) is 11.5. The molecular formula is C13H19NO2. The van der Waals surface area contributed by atoms with Crippen molar-refractivity contribution in [2.75, 3.05) is 13.1 Å². The Balaban J connectivity index is 2.06. The van der Waals surface area contributed by atoms with Crippen LogP contribution in [0.15, 0.2) is 16.5 Å². The molecule has 1 atom stereocenters. The second-order valence-electron chi connectivity index (χ2n) is 4.62. The second-order valence-corrected chi connectivity index (χ2v) is 4.62. The Labute approximate surface area is 96.4 Å². The minimum Gasteiger partial charge on any atom is -0.456 e. The highest BCUT2D eigenvalue weighted by Gasteiger charge is 2.23. The summed E-state index contributed by atoms with van der Waals surface area (Å²) in [5.74, 6) is 2.03. The van der Waals surface area contributed by atoms with Crippen LogP contribution in [0.5, 0.6) is 0 Å². The fourth-order valence-corrected chi connectivity index (χ4v) is 2.21. The van der Waals surface area contributed by atoms with Gasteiger partial charge in [0.2, 0.25) is 0 Å². The van der Waals surface area contributed by atoms with Crippen LogP contribution in [-0.2, 0) is 6.42 Å². The number of amides is 1. The maximum absolute atomic E-state index is 12.1. The molecule has 1 aromatic rings. The molecule has 3 heteroatoms. The number of carbonyl (C=O) groups is 1. The molecule has 3 nitrogen and oxygen atoms in total. The van der Waals surface area contributed by atoms with Crippen molar-refractivity contribution in [3.63, 3.8) is 0 Å². The van der Waals surface area contributed by atoms with Gasteiger partial charge in [0.25, 0.3) is 5.91 Å². The van der Waals surface area contributed by atoms with Gasteiger partial charge in [0.1, 0.15) is 5.76 Å². The molecule has 1 aliphatic heterocycles. The molecular weight excluding hydrogens is 202 g/mol. The van der Waals surface area contributed by atoms with Gasteiger partial charge in [-0.05, 0) is 30.9 Å². The molecule has 1 aromatic heterocycles. The Bertz CT molecular complexity index is 370. The van der Waals surface area contributed by atoms with E-state index < -0.39 is 0 Å². The molecule has 2 rings (SSSR count). The maximum Gasteiger partial charge on any atom is 0.289 e. The lowest BCUT2D eigenvalue weighted by molar-refractivity contribution is 0.0649. The highest BCUT2D eigenvalue weighted by Crippen LogP contribution is 2.19. The van der Waals surface area contributed by atoms with E-state index in [0.29, 0.717) is 11.7 Å². The van der Waals surface area contributed by atoms with Crippen LogP contribution >= 0.6 is 0 Å². The molecule has 0 aliphatic carbocycles. The van der Waals surface area contributed by atoms with E-state index in [1.54, 1.807) is 6.07 Å². The topological polar surface area (TPSA) is 33.5 Å². The molecule has 1 aliphatic rings. The summed E-state index contributed by atoms with van der Waals surface area (Å²) < 4.78 is 5.49. The number of carbonyl (C=O) groups excluding carboxylic acids is 1. The number of rotatable bonds is 2. The zero-order valence-electron chi connectivity index (χ0n) is 10.0. The lowest BCUT2D eigenvalue weighted by atomic mass is 10.0. The summed E-state index contributed by atoms with van der Waals surface area (Å²) in [4.78, 5) is 14.0. The van der Waals surface area contributed by atoms with Gasteiger partial charge in [0.15, 0.2) is 5.76 Å². The van der Waals surface area contributed by atoms with Gasteiger partial charge in [-0.2, -0.15) is 0 Å². The predicted octanol–water partition coefficient (Wildman–Crippen LogP) is 2.71. The number of likely N-dealkylation sites (tertiary alicyclic amines) is 1. The maximum atomic E-state index is 12.1. The SMILES string of the molecule is CCc1ccc(C(=O)N2CCCC(C)C2)o1. The van der Waals surface area contributed by atoms with Gasteiger partial charge in [-0.25, -0.2) is 0 Å². The summed E-state index contributed by atoms with van der Waals surface area (Å²) in [5, 5.41) is 0. The van der Waals surface area contributed by atoms with Crippen molar-refractivity contribution in [3.05, 3.63) is 23.7 Å². The number of furan rings is 1. The first-order valence-electron chi connectivity index (χ1n) is 6.08. The number of hydrogen-bond acceptors (Lipinski definition) is 2. The Morgan fingerprint density at radius 2 is 2.38 bits per heavy atom. The smallest absolute Gasteiger partial charge is 0.289 e. The zero-order valence-corrected chi connectivity index (χ0v) is 10.0. The predicted molar refractivity (Wildman–Crippen MR) is 62.4 cm³/mol. The van der Waals surface area contributed by atoms with Crippen molar-refractivity contribution in [2.24, 2.45) is 5.92 Å². The molecule has 1 unspecified atom stereocenters. The van der Waals surface area contributed by atoms with Crippen LogP contribution in [0.2, 0.25) is 0 Å². The summed E-state index contributed by atoms with van der Waals surface area (Å²) in [6.45, 7) is 5.95. The highest BCUT2D eigenvalue weighted by atomic mass is 16.4. The minimum absolute atomic E-state index is 0.0475. The molecule has 0 saturated carbocycles. The Hall–Kier alpha value is -1.25. The van der Waals surface area contributed by atoms with Gasteiger partial charge in [-0.1, -0.05) is 13.8 Å². The van der Waals surface area contributed by atoms with Crippen molar-refractivity contribution >= 4 is 5.91 Å². The molecule has 0 spiro atoms. The average Bonchev–Trinajstić information content (AvgIpc) is 2.76. The lowest BCUT2D eigenvalue weighted by Gasteiger charge is -2.30. The Morgan fingerprint density at radius 3 is 3.00 bits per heavy atom. The third kappa shape index (κ3) is 2.29. The molecule has 1 amide bonds. The third-order valence-corrected chi connectivity index (χ3v) is 3.17. The fourth-order valence-electron chi connectivity index (χ4n) is 2.21. The summed E-state index contributed by atoms with van der Waals surface area (Å²) in [5.41, 5.74) is 0. The third-order valence-electron chi connectivity index (χ3n) is 3.17. The summed E-state index contributed by atoms with van der Waals surface area (Å²) in [6.07, 6.45) is 3.17.